The van der Waals surface area contributed by atoms with Gasteiger partial charge in [-0.1, -0.05) is 13.8 Å². The second kappa shape index (κ2) is 18.5. The Morgan fingerprint density at radius 3 is 1.35 bits per heavy atom. The summed E-state index contributed by atoms with van der Waals surface area (Å²) in [6, 6.07) is 0. The molecule has 34 heavy (non-hydrogen) atoms. The summed E-state index contributed by atoms with van der Waals surface area (Å²) in [5, 5.41) is 9.02. The van der Waals surface area contributed by atoms with Crippen LogP contribution in [0.25, 0.3) is 0 Å². The van der Waals surface area contributed by atoms with Crippen molar-refractivity contribution in [3.05, 3.63) is 0 Å². The molecule has 0 aromatic carbocycles. The molecule has 0 aromatic rings. The van der Waals surface area contributed by atoms with Crippen molar-refractivity contribution in [2.45, 2.75) is 26.7 Å². The number of aliphatic hydroxyl groups excluding tert-OH is 1. The van der Waals surface area contributed by atoms with Crippen molar-refractivity contribution >= 4 is 23.5 Å². The maximum absolute atomic E-state index is 11.8. The summed E-state index contributed by atoms with van der Waals surface area (Å²) in [6.07, 6.45) is 0.976. The first kappa shape index (κ1) is 34.2. The van der Waals surface area contributed by atoms with Crippen molar-refractivity contribution in [3.63, 3.8) is 0 Å². The van der Waals surface area contributed by atoms with Crippen molar-refractivity contribution in [1.82, 2.24) is 0 Å². The fourth-order valence-electron chi connectivity index (χ4n) is 2.00. The number of hydrogen-bond acceptors (Lipinski definition) is 11. The minimum Gasteiger partial charge on any atom is -0.396 e. The lowest BCUT2D eigenvalue weighted by atomic mass is 10.1. The number of rotatable bonds is 23. The van der Waals surface area contributed by atoms with Gasteiger partial charge in [-0.05, 0) is 12.8 Å². The minimum absolute atomic E-state index is 0.00497. The van der Waals surface area contributed by atoms with Crippen LogP contribution in [-0.2, 0) is 45.8 Å². The van der Waals surface area contributed by atoms with Crippen LogP contribution < -0.4 is 0 Å². The van der Waals surface area contributed by atoms with E-state index in [1.807, 2.05) is 6.92 Å². The Kier molecular flexibility index (Phi) is 18.6. The van der Waals surface area contributed by atoms with E-state index in [0.717, 1.165) is 0 Å². The summed E-state index contributed by atoms with van der Waals surface area (Å²) in [7, 11) is -13.2. The Bertz CT molecular complexity index is 654. The molecule has 0 rings (SSSR count). The lowest BCUT2D eigenvalue weighted by Crippen LogP contribution is -2.15. The molecule has 15 nitrogen and oxygen atoms in total. The van der Waals surface area contributed by atoms with Crippen LogP contribution in [-0.4, -0.2) is 90.7 Å². The molecule has 0 aromatic heterocycles. The molecule has 0 radical (unpaired) electrons. The van der Waals surface area contributed by atoms with Crippen LogP contribution in [0.4, 0.5) is 0 Å². The topological polar surface area (TPSA) is 217 Å². The van der Waals surface area contributed by atoms with Gasteiger partial charge in [-0.2, -0.15) is 0 Å². The molecule has 18 heteroatoms. The van der Waals surface area contributed by atoms with E-state index in [-0.39, 0.29) is 72.0 Å². The maximum Gasteiger partial charge on any atom is 0.472 e. The van der Waals surface area contributed by atoms with Crippen LogP contribution >= 0.6 is 23.5 Å². The third kappa shape index (κ3) is 20.4. The minimum atomic E-state index is -4.64. The number of hydrogen-bond donors (Lipinski definition) is 5. The van der Waals surface area contributed by atoms with Crippen LogP contribution in [0.1, 0.15) is 26.7 Å². The largest absolute Gasteiger partial charge is 0.472 e. The van der Waals surface area contributed by atoms with E-state index < -0.39 is 29.4 Å². The molecule has 0 amide bonds. The fourth-order valence-corrected chi connectivity index (χ4v) is 3.97. The highest BCUT2D eigenvalue weighted by Crippen LogP contribution is 2.44. The van der Waals surface area contributed by atoms with E-state index in [4.69, 9.17) is 42.5 Å². The van der Waals surface area contributed by atoms with Gasteiger partial charge >= 0.3 is 23.5 Å². The summed E-state index contributed by atoms with van der Waals surface area (Å²) in [6.45, 7) is 2.31. The van der Waals surface area contributed by atoms with E-state index in [2.05, 4.69) is 4.52 Å². The number of ether oxygens (including phenoxy) is 2. The lowest BCUT2D eigenvalue weighted by Gasteiger charge is -2.18. The van der Waals surface area contributed by atoms with Gasteiger partial charge in [0.2, 0.25) is 0 Å². The summed E-state index contributed by atoms with van der Waals surface area (Å²) >= 11 is 0. The van der Waals surface area contributed by atoms with Gasteiger partial charge in [-0.15, -0.1) is 0 Å². The van der Waals surface area contributed by atoms with E-state index >= 15 is 0 Å². The van der Waals surface area contributed by atoms with Crippen LogP contribution in [0, 0.1) is 11.8 Å². The number of phosphoric ester groups is 3. The van der Waals surface area contributed by atoms with Crippen LogP contribution in [0.5, 0.6) is 0 Å². The highest BCUT2D eigenvalue weighted by molar-refractivity contribution is 7.47. The van der Waals surface area contributed by atoms with Gasteiger partial charge in [0.1, 0.15) is 0 Å². The van der Waals surface area contributed by atoms with E-state index in [9.17, 15) is 23.5 Å². The fraction of sp³-hybridized carbons (Fsp3) is 1.00. The molecule has 0 aliphatic rings. The van der Waals surface area contributed by atoms with Crippen molar-refractivity contribution < 1.29 is 70.5 Å². The Hall–Kier alpha value is 0.210. The van der Waals surface area contributed by atoms with Crippen LogP contribution in [0.3, 0.4) is 0 Å². The molecule has 0 aliphatic carbocycles. The summed E-state index contributed by atoms with van der Waals surface area (Å²) in [4.78, 5) is 36.5. The van der Waals surface area contributed by atoms with Gasteiger partial charge in [0, 0.05) is 18.4 Å². The van der Waals surface area contributed by atoms with Gasteiger partial charge in [0.05, 0.1) is 59.5 Å². The van der Waals surface area contributed by atoms with Crippen molar-refractivity contribution in [2.24, 2.45) is 11.8 Å². The summed E-state index contributed by atoms with van der Waals surface area (Å²) < 4.78 is 67.8. The highest BCUT2D eigenvalue weighted by atomic mass is 31.2. The van der Waals surface area contributed by atoms with Crippen molar-refractivity contribution in [1.29, 1.82) is 0 Å². The zero-order valence-corrected chi connectivity index (χ0v) is 22.0. The molecule has 0 heterocycles. The zero-order chi connectivity index (χ0) is 26.1. The van der Waals surface area contributed by atoms with Crippen molar-refractivity contribution in [3.8, 4) is 0 Å². The molecule has 0 fully saturated rings. The van der Waals surface area contributed by atoms with Gasteiger partial charge in [0.15, 0.2) is 0 Å². The molecule has 0 bridgehead atoms. The Balaban J connectivity index is 3.80. The van der Waals surface area contributed by atoms with E-state index in [1.165, 1.54) is 0 Å². The third-order valence-corrected chi connectivity index (χ3v) is 6.63. The van der Waals surface area contributed by atoms with Gasteiger partial charge in [-0.25, -0.2) is 13.7 Å². The average molecular weight is 562 g/mol. The smallest absolute Gasteiger partial charge is 0.396 e. The first-order chi connectivity index (χ1) is 15.8. The van der Waals surface area contributed by atoms with Crippen molar-refractivity contribution in [2.75, 3.05) is 66.1 Å². The highest BCUT2D eigenvalue weighted by Gasteiger charge is 2.25. The molecule has 4 atom stereocenters. The summed E-state index contributed by atoms with van der Waals surface area (Å²) in [5.41, 5.74) is 0. The Labute approximate surface area is 199 Å². The second-order valence-corrected chi connectivity index (χ2v) is 11.1. The van der Waals surface area contributed by atoms with Gasteiger partial charge in [0.25, 0.3) is 0 Å². The standard InChI is InChI=1S/C16H37O15P3/c1-3-15(11-17)12-30-33(21,22)27-9-7-25-5-6-26-8-10-28-34(23,24)31-14-16(4-2)13-29-32(18,19)20/h15-17H,3-14H2,1-2H3,(H,21,22)(H,23,24)(H2,18,19,20). The Morgan fingerprint density at radius 1 is 0.588 bits per heavy atom. The predicted molar refractivity (Wildman–Crippen MR) is 118 cm³/mol. The quantitative estimate of drug-likeness (QED) is 0.0879. The molecule has 5 N–H and O–H groups in total. The first-order valence-electron chi connectivity index (χ1n) is 10.5. The zero-order valence-electron chi connectivity index (χ0n) is 19.3. The lowest BCUT2D eigenvalue weighted by molar-refractivity contribution is 0.0163. The van der Waals surface area contributed by atoms with Crippen LogP contribution in [0.2, 0.25) is 0 Å². The molecule has 0 aliphatic heterocycles. The summed E-state index contributed by atoms with van der Waals surface area (Å²) in [5.74, 6) is -0.773. The SMILES string of the molecule is CCC(CO)COP(=O)(O)OCCOCCOCCOP(=O)(O)OCC(CC)COP(=O)(O)O. The molecule has 206 valence electrons. The third-order valence-electron chi connectivity index (χ3n) is 4.17. The second-order valence-electron chi connectivity index (χ2n) is 6.94. The number of aliphatic hydroxyl groups is 1. The van der Waals surface area contributed by atoms with E-state index in [1.54, 1.807) is 6.92 Å². The van der Waals surface area contributed by atoms with Crippen LogP contribution in [0.15, 0.2) is 0 Å². The molecular weight excluding hydrogens is 525 g/mol. The molecule has 0 spiro atoms. The molecular formula is C16H37O15P3. The average Bonchev–Trinajstić information content (AvgIpc) is 2.75. The first-order valence-corrected chi connectivity index (χ1v) is 15.1. The van der Waals surface area contributed by atoms with Gasteiger partial charge < -0.3 is 34.2 Å². The molecule has 0 saturated carbocycles. The number of phosphoric acid groups is 3. The predicted octanol–water partition coefficient (Wildman–Crippen LogP) is 1.44. The molecule has 4 unspecified atom stereocenters. The monoisotopic (exact) mass is 562 g/mol. The van der Waals surface area contributed by atoms with E-state index in [0.29, 0.717) is 12.8 Å². The van der Waals surface area contributed by atoms with Gasteiger partial charge in [-0.3, -0.25) is 22.6 Å². The molecule has 0 saturated heterocycles. The maximum atomic E-state index is 11.8. The normalized spacial score (nSPS) is 17.7. The Morgan fingerprint density at radius 2 is 0.971 bits per heavy atom.